The van der Waals surface area contributed by atoms with Gasteiger partial charge in [0.2, 0.25) is 0 Å². The fraction of sp³-hybridized carbons (Fsp3) is 0.0588. The minimum absolute atomic E-state index is 0.00670. The summed E-state index contributed by atoms with van der Waals surface area (Å²) >= 11 is 12.0. The first-order valence-electron chi connectivity index (χ1n) is 7.14. The normalized spacial score (nSPS) is 11.4. The van der Waals surface area contributed by atoms with Crippen molar-refractivity contribution in [3.05, 3.63) is 68.6 Å². The molecule has 0 unspecified atom stereocenters. The van der Waals surface area contributed by atoms with Crippen molar-refractivity contribution in [1.82, 2.24) is 4.98 Å². The summed E-state index contributed by atoms with van der Waals surface area (Å²) in [5, 5.41) is 3.77. The number of nitrogens with zero attached hydrogens (tertiary/aromatic N) is 1. The molecule has 0 radical (unpaired) electrons. The van der Waals surface area contributed by atoms with E-state index < -0.39 is 17.0 Å². The standard InChI is InChI=1S/C17H9Cl2F3N2OS/c18-12-6-10(7-13(19)24-12)16(25)23-11-8-26-15(17(20,21)22)14(11)9-4-2-1-3-5-9/h1-8H,(H,23,25). The van der Waals surface area contributed by atoms with E-state index in [9.17, 15) is 18.0 Å². The molecule has 1 N–H and O–H groups in total. The summed E-state index contributed by atoms with van der Waals surface area (Å²) in [7, 11) is 0. The Balaban J connectivity index is 2.03. The SMILES string of the molecule is O=C(Nc1csc(C(F)(F)F)c1-c1ccccc1)c1cc(Cl)nc(Cl)c1. The van der Waals surface area contributed by atoms with E-state index in [1.165, 1.54) is 17.5 Å². The Morgan fingerprint density at radius 1 is 1.08 bits per heavy atom. The number of halogens is 5. The first-order valence-corrected chi connectivity index (χ1v) is 8.78. The molecule has 26 heavy (non-hydrogen) atoms. The molecule has 1 aromatic carbocycles. The van der Waals surface area contributed by atoms with E-state index in [1.54, 1.807) is 30.3 Å². The number of benzene rings is 1. The number of carbonyl (C=O) groups excluding carboxylic acids is 1. The van der Waals surface area contributed by atoms with Crippen molar-refractivity contribution in [1.29, 1.82) is 0 Å². The van der Waals surface area contributed by atoms with E-state index in [2.05, 4.69) is 10.3 Å². The maximum Gasteiger partial charge on any atom is 0.426 e. The number of nitrogens with one attached hydrogen (secondary N) is 1. The second kappa shape index (κ2) is 7.26. The molecule has 0 aliphatic heterocycles. The number of rotatable bonds is 3. The molecule has 1 amide bonds. The quantitative estimate of drug-likeness (QED) is 0.502. The minimum Gasteiger partial charge on any atom is -0.321 e. The first kappa shape index (κ1) is 18.7. The van der Waals surface area contributed by atoms with Crippen LogP contribution in [0.15, 0.2) is 47.8 Å². The summed E-state index contributed by atoms with van der Waals surface area (Å²) in [6.45, 7) is 0. The van der Waals surface area contributed by atoms with Gasteiger partial charge in [0.05, 0.1) is 5.69 Å². The summed E-state index contributed by atoms with van der Waals surface area (Å²) < 4.78 is 40.1. The summed E-state index contributed by atoms with van der Waals surface area (Å²) in [4.78, 5) is 15.4. The lowest BCUT2D eigenvalue weighted by atomic mass is 10.0. The fourth-order valence-corrected chi connectivity index (χ4v) is 3.69. The zero-order valence-electron chi connectivity index (χ0n) is 12.8. The Morgan fingerprint density at radius 3 is 2.27 bits per heavy atom. The van der Waals surface area contributed by atoms with Crippen molar-refractivity contribution in [3.63, 3.8) is 0 Å². The highest BCUT2D eigenvalue weighted by Gasteiger charge is 2.37. The lowest BCUT2D eigenvalue weighted by Crippen LogP contribution is -2.13. The molecule has 0 fully saturated rings. The molecule has 2 aromatic heterocycles. The van der Waals surface area contributed by atoms with Gasteiger partial charge < -0.3 is 5.32 Å². The fourth-order valence-electron chi connectivity index (χ4n) is 2.34. The molecule has 3 nitrogen and oxygen atoms in total. The second-order valence-corrected chi connectivity index (χ2v) is 6.83. The summed E-state index contributed by atoms with van der Waals surface area (Å²) in [5.41, 5.74) is 0.418. The highest BCUT2D eigenvalue weighted by atomic mass is 35.5. The van der Waals surface area contributed by atoms with Gasteiger partial charge >= 0.3 is 6.18 Å². The summed E-state index contributed by atoms with van der Waals surface area (Å²) in [6.07, 6.45) is -4.54. The molecule has 2 heterocycles. The number of thiophene rings is 1. The van der Waals surface area contributed by atoms with Crippen LogP contribution in [-0.4, -0.2) is 10.9 Å². The van der Waals surface area contributed by atoms with Gasteiger partial charge in [0.15, 0.2) is 0 Å². The number of aromatic nitrogens is 1. The van der Waals surface area contributed by atoms with E-state index in [0.29, 0.717) is 16.9 Å². The third kappa shape index (κ3) is 4.00. The molecular formula is C17H9Cl2F3N2OS. The van der Waals surface area contributed by atoms with Crippen molar-refractivity contribution in [3.8, 4) is 11.1 Å². The van der Waals surface area contributed by atoms with Crippen LogP contribution in [0.2, 0.25) is 10.3 Å². The molecule has 0 saturated heterocycles. The largest absolute Gasteiger partial charge is 0.426 e. The summed E-state index contributed by atoms with van der Waals surface area (Å²) in [5.74, 6) is -0.639. The third-order valence-electron chi connectivity index (χ3n) is 3.38. The average molecular weight is 417 g/mol. The highest BCUT2D eigenvalue weighted by molar-refractivity contribution is 7.11. The van der Waals surface area contributed by atoms with Gasteiger partial charge in [0.1, 0.15) is 15.2 Å². The number of hydrogen-bond acceptors (Lipinski definition) is 3. The lowest BCUT2D eigenvalue weighted by Gasteiger charge is -2.11. The third-order valence-corrected chi connectivity index (χ3v) is 4.80. The second-order valence-electron chi connectivity index (χ2n) is 5.17. The summed E-state index contributed by atoms with van der Waals surface area (Å²) in [6, 6.07) is 10.6. The van der Waals surface area contributed by atoms with Crippen molar-refractivity contribution in [2.45, 2.75) is 6.18 Å². The molecule has 3 rings (SSSR count). The van der Waals surface area contributed by atoms with Gasteiger partial charge in [-0.2, -0.15) is 13.2 Å². The first-order chi connectivity index (χ1) is 12.3. The predicted octanol–water partition coefficient (Wildman–Crippen LogP) is 6.39. The zero-order chi connectivity index (χ0) is 18.9. The van der Waals surface area contributed by atoms with Crippen LogP contribution in [0.4, 0.5) is 18.9 Å². The Labute approximate surface area is 160 Å². The van der Waals surface area contributed by atoms with Gasteiger partial charge in [0.25, 0.3) is 5.91 Å². The van der Waals surface area contributed by atoms with Gasteiger partial charge in [-0.3, -0.25) is 4.79 Å². The van der Waals surface area contributed by atoms with Gasteiger partial charge in [-0.15, -0.1) is 11.3 Å². The number of pyridine rings is 1. The van der Waals surface area contributed by atoms with E-state index in [1.807, 2.05) is 0 Å². The Bertz CT molecular complexity index is 938. The maximum atomic E-state index is 13.4. The zero-order valence-corrected chi connectivity index (χ0v) is 15.1. The number of hydrogen-bond donors (Lipinski definition) is 1. The molecule has 0 saturated carbocycles. The molecule has 0 atom stereocenters. The van der Waals surface area contributed by atoms with Crippen molar-refractivity contribution in [2.75, 3.05) is 5.32 Å². The molecule has 0 aliphatic rings. The average Bonchev–Trinajstić information content (AvgIpc) is 2.98. The van der Waals surface area contributed by atoms with Crippen molar-refractivity contribution >= 4 is 46.1 Å². The van der Waals surface area contributed by atoms with E-state index in [4.69, 9.17) is 23.2 Å². The van der Waals surface area contributed by atoms with E-state index in [-0.39, 0.29) is 27.1 Å². The maximum absolute atomic E-state index is 13.4. The monoisotopic (exact) mass is 416 g/mol. The molecule has 0 aliphatic carbocycles. The molecule has 0 spiro atoms. The van der Waals surface area contributed by atoms with Crippen LogP contribution in [0.3, 0.4) is 0 Å². The minimum atomic E-state index is -4.54. The lowest BCUT2D eigenvalue weighted by molar-refractivity contribution is -0.133. The number of carbonyl (C=O) groups is 1. The van der Waals surface area contributed by atoms with Crippen LogP contribution in [0.25, 0.3) is 11.1 Å². The molecule has 9 heteroatoms. The Hall–Kier alpha value is -2.09. The van der Waals surface area contributed by atoms with Gasteiger partial charge in [-0.05, 0) is 17.7 Å². The Morgan fingerprint density at radius 2 is 1.69 bits per heavy atom. The van der Waals surface area contributed by atoms with Crippen LogP contribution in [0, 0.1) is 0 Å². The van der Waals surface area contributed by atoms with Crippen LogP contribution in [-0.2, 0) is 6.18 Å². The number of anilines is 1. The van der Waals surface area contributed by atoms with Crippen LogP contribution in [0.1, 0.15) is 15.2 Å². The number of alkyl halides is 3. The highest BCUT2D eigenvalue weighted by Crippen LogP contribution is 2.45. The van der Waals surface area contributed by atoms with Gasteiger partial charge in [-0.25, -0.2) is 4.98 Å². The van der Waals surface area contributed by atoms with Crippen LogP contribution in [0.5, 0.6) is 0 Å². The van der Waals surface area contributed by atoms with Gasteiger partial charge in [0, 0.05) is 16.5 Å². The number of amides is 1. The van der Waals surface area contributed by atoms with Crippen LogP contribution >= 0.6 is 34.5 Å². The van der Waals surface area contributed by atoms with E-state index >= 15 is 0 Å². The molecule has 134 valence electrons. The smallest absolute Gasteiger partial charge is 0.321 e. The molecule has 0 bridgehead atoms. The predicted molar refractivity (Wildman–Crippen MR) is 97.0 cm³/mol. The van der Waals surface area contributed by atoms with Gasteiger partial charge in [-0.1, -0.05) is 53.5 Å². The topological polar surface area (TPSA) is 42.0 Å². The Kier molecular flexibility index (Phi) is 5.22. The molecule has 3 aromatic rings. The van der Waals surface area contributed by atoms with Crippen LogP contribution < -0.4 is 5.32 Å². The molecular weight excluding hydrogens is 408 g/mol. The van der Waals surface area contributed by atoms with Crippen molar-refractivity contribution < 1.29 is 18.0 Å². The van der Waals surface area contributed by atoms with Crippen molar-refractivity contribution in [2.24, 2.45) is 0 Å². The van der Waals surface area contributed by atoms with E-state index in [0.717, 1.165) is 0 Å².